The highest BCUT2D eigenvalue weighted by molar-refractivity contribution is 9.10. The van der Waals surface area contributed by atoms with E-state index in [1.54, 1.807) is 0 Å². The van der Waals surface area contributed by atoms with Crippen molar-refractivity contribution in [1.29, 1.82) is 0 Å². The van der Waals surface area contributed by atoms with Crippen molar-refractivity contribution in [3.63, 3.8) is 0 Å². The van der Waals surface area contributed by atoms with E-state index in [1.807, 2.05) is 0 Å². The molecule has 202 valence electrons. The standard InChI is InChI=1S/C25H19BrClF9O/c26-19-11-14(2-4-20(19)27)17(24(31,32)33)12-21(28)15-1-3-16(18(10-15)25(34,35)36)22(37)9-13-5-7-23(29,30)8-6-13/h1-4,10-13,17H,5-9H2/b21-12-. The monoisotopic (exact) mass is 620 g/mol. The third kappa shape index (κ3) is 7.52. The molecule has 1 saturated carbocycles. The Morgan fingerprint density at radius 1 is 1.05 bits per heavy atom. The summed E-state index contributed by atoms with van der Waals surface area (Å²) in [5, 5.41) is 0.103. The zero-order valence-corrected chi connectivity index (χ0v) is 21.1. The van der Waals surface area contributed by atoms with Crippen LogP contribution in [0.4, 0.5) is 39.5 Å². The summed E-state index contributed by atoms with van der Waals surface area (Å²) in [4.78, 5) is 12.6. The Labute approximate surface area is 219 Å². The van der Waals surface area contributed by atoms with Crippen molar-refractivity contribution in [2.75, 3.05) is 0 Å². The highest BCUT2D eigenvalue weighted by atomic mass is 79.9. The first-order valence-electron chi connectivity index (χ1n) is 11.0. The van der Waals surface area contributed by atoms with Crippen LogP contribution in [0.5, 0.6) is 0 Å². The van der Waals surface area contributed by atoms with Gasteiger partial charge in [0.25, 0.3) is 0 Å². The molecule has 1 fully saturated rings. The van der Waals surface area contributed by atoms with Gasteiger partial charge in [0, 0.05) is 34.9 Å². The lowest BCUT2D eigenvalue weighted by Gasteiger charge is -2.28. The molecule has 0 heterocycles. The highest BCUT2D eigenvalue weighted by Crippen LogP contribution is 2.42. The van der Waals surface area contributed by atoms with E-state index in [4.69, 9.17) is 11.6 Å². The van der Waals surface area contributed by atoms with Gasteiger partial charge in [0.1, 0.15) is 11.7 Å². The van der Waals surface area contributed by atoms with E-state index in [2.05, 4.69) is 15.9 Å². The lowest BCUT2D eigenvalue weighted by atomic mass is 9.82. The van der Waals surface area contributed by atoms with Crippen molar-refractivity contribution in [3.05, 3.63) is 74.2 Å². The summed E-state index contributed by atoms with van der Waals surface area (Å²) in [6.45, 7) is 0. The molecule has 1 atom stereocenters. The number of ketones is 1. The Kier molecular flexibility index (Phi) is 8.78. The number of halogens is 11. The van der Waals surface area contributed by atoms with Gasteiger partial charge in [-0.3, -0.25) is 4.79 Å². The fraction of sp³-hybridized carbons (Fsp3) is 0.400. The molecule has 0 bridgehead atoms. The lowest BCUT2D eigenvalue weighted by Crippen LogP contribution is -2.26. The summed E-state index contributed by atoms with van der Waals surface area (Å²) in [5.74, 6) is -8.44. The maximum atomic E-state index is 14.9. The summed E-state index contributed by atoms with van der Waals surface area (Å²) in [7, 11) is 0. The van der Waals surface area contributed by atoms with Crippen LogP contribution in [0.1, 0.15) is 65.1 Å². The van der Waals surface area contributed by atoms with E-state index in [0.717, 1.165) is 24.3 Å². The van der Waals surface area contributed by atoms with Crippen LogP contribution in [0.3, 0.4) is 0 Å². The number of hydrogen-bond donors (Lipinski definition) is 0. The Morgan fingerprint density at radius 3 is 2.22 bits per heavy atom. The fourth-order valence-corrected chi connectivity index (χ4v) is 4.69. The van der Waals surface area contributed by atoms with Crippen molar-refractivity contribution >= 4 is 39.1 Å². The smallest absolute Gasteiger partial charge is 0.294 e. The van der Waals surface area contributed by atoms with Crippen LogP contribution in [-0.4, -0.2) is 17.9 Å². The largest absolute Gasteiger partial charge is 0.417 e. The number of carbonyl (C=O) groups excluding carboxylic acids is 1. The minimum Gasteiger partial charge on any atom is -0.294 e. The molecular weight excluding hydrogens is 603 g/mol. The molecule has 0 spiro atoms. The number of hydrogen-bond acceptors (Lipinski definition) is 1. The molecular formula is C25H19BrClF9O. The number of allylic oxidation sites excluding steroid dienone is 1. The van der Waals surface area contributed by atoms with Crippen LogP contribution in [-0.2, 0) is 6.18 Å². The summed E-state index contributed by atoms with van der Waals surface area (Å²) in [6, 6.07) is 4.95. The molecule has 0 saturated heterocycles. The Hall–Kier alpha value is -2.01. The first-order valence-corrected chi connectivity index (χ1v) is 12.2. The van der Waals surface area contributed by atoms with Crippen LogP contribution in [0.25, 0.3) is 5.83 Å². The molecule has 3 rings (SSSR count). The number of alkyl halides is 8. The SMILES string of the molecule is O=C(CC1CCC(F)(F)CC1)c1ccc(/C(F)=C/C(c2ccc(Cl)c(Br)c2)C(F)(F)F)cc1C(F)(F)F. The average molecular weight is 622 g/mol. The second-order valence-electron chi connectivity index (χ2n) is 8.89. The van der Waals surface area contributed by atoms with Crippen molar-refractivity contribution in [2.45, 2.75) is 56.3 Å². The Balaban J connectivity index is 1.94. The molecule has 0 aliphatic heterocycles. The minimum atomic E-state index is -5.12. The van der Waals surface area contributed by atoms with Gasteiger partial charge in [0.15, 0.2) is 5.78 Å². The van der Waals surface area contributed by atoms with Gasteiger partial charge in [-0.25, -0.2) is 13.2 Å². The summed E-state index contributed by atoms with van der Waals surface area (Å²) >= 11 is 8.77. The van der Waals surface area contributed by atoms with Gasteiger partial charge in [0.2, 0.25) is 5.92 Å². The quantitative estimate of drug-likeness (QED) is 0.232. The molecule has 12 heteroatoms. The van der Waals surface area contributed by atoms with E-state index in [-0.39, 0.29) is 34.5 Å². The molecule has 1 aliphatic rings. The molecule has 1 unspecified atom stereocenters. The van der Waals surface area contributed by atoms with Crippen molar-refractivity contribution in [2.24, 2.45) is 5.92 Å². The fourth-order valence-electron chi connectivity index (χ4n) is 4.17. The third-order valence-corrected chi connectivity index (χ3v) is 7.39. The molecule has 0 radical (unpaired) electrons. The molecule has 0 N–H and O–H groups in total. The number of benzene rings is 2. The number of carbonyl (C=O) groups is 1. The number of rotatable bonds is 6. The Morgan fingerprint density at radius 2 is 1.68 bits per heavy atom. The lowest BCUT2D eigenvalue weighted by molar-refractivity contribution is -0.140. The predicted molar refractivity (Wildman–Crippen MR) is 124 cm³/mol. The second-order valence-corrected chi connectivity index (χ2v) is 10.2. The van der Waals surface area contributed by atoms with Crippen molar-refractivity contribution < 1.29 is 44.3 Å². The maximum absolute atomic E-state index is 14.9. The second kappa shape index (κ2) is 11.0. The van der Waals surface area contributed by atoms with Gasteiger partial charge in [-0.2, -0.15) is 26.3 Å². The summed E-state index contributed by atoms with van der Waals surface area (Å²) < 4.78 is 124. The molecule has 0 aromatic heterocycles. The van der Waals surface area contributed by atoms with Crippen LogP contribution >= 0.6 is 27.5 Å². The van der Waals surface area contributed by atoms with E-state index in [0.29, 0.717) is 6.07 Å². The zero-order valence-electron chi connectivity index (χ0n) is 18.8. The van der Waals surface area contributed by atoms with E-state index < -0.39 is 83.2 Å². The van der Waals surface area contributed by atoms with Crippen LogP contribution in [0, 0.1) is 5.92 Å². The molecule has 0 amide bonds. The van der Waals surface area contributed by atoms with E-state index >= 15 is 0 Å². The van der Waals surface area contributed by atoms with Crippen LogP contribution < -0.4 is 0 Å². The minimum absolute atomic E-state index is 0.0326. The number of Topliss-reactive ketones (excluding diaryl/α,β-unsaturated/α-hetero) is 1. The zero-order chi connectivity index (χ0) is 27.8. The molecule has 2 aromatic carbocycles. The summed E-state index contributed by atoms with van der Waals surface area (Å²) in [5.41, 5.74) is -3.52. The average Bonchev–Trinajstić information content (AvgIpc) is 2.79. The molecule has 37 heavy (non-hydrogen) atoms. The van der Waals surface area contributed by atoms with Crippen molar-refractivity contribution in [3.8, 4) is 0 Å². The first kappa shape index (κ1) is 29.5. The predicted octanol–water partition coefficient (Wildman–Crippen LogP) is 10.2. The van der Waals surface area contributed by atoms with E-state index in [1.165, 1.54) is 0 Å². The van der Waals surface area contributed by atoms with E-state index in [9.17, 15) is 44.3 Å². The summed E-state index contributed by atoms with van der Waals surface area (Å²) in [6.07, 6.45) is -11.4. The van der Waals surface area contributed by atoms with Gasteiger partial charge >= 0.3 is 12.4 Å². The highest BCUT2D eigenvalue weighted by Gasteiger charge is 2.41. The maximum Gasteiger partial charge on any atom is 0.417 e. The van der Waals surface area contributed by atoms with Crippen LogP contribution in [0.2, 0.25) is 5.02 Å². The van der Waals surface area contributed by atoms with Gasteiger partial charge < -0.3 is 0 Å². The van der Waals surface area contributed by atoms with Gasteiger partial charge in [-0.15, -0.1) is 0 Å². The Bertz CT molecular complexity index is 1180. The van der Waals surface area contributed by atoms with Gasteiger partial charge in [0.05, 0.1) is 10.6 Å². The van der Waals surface area contributed by atoms with Gasteiger partial charge in [-0.1, -0.05) is 29.8 Å². The first-order chi connectivity index (χ1) is 17.0. The topological polar surface area (TPSA) is 17.1 Å². The molecule has 1 nitrogen and oxygen atoms in total. The normalized spacial score (nSPS) is 18.1. The van der Waals surface area contributed by atoms with Crippen molar-refractivity contribution in [1.82, 2.24) is 0 Å². The molecule has 2 aromatic rings. The third-order valence-electron chi connectivity index (χ3n) is 6.18. The van der Waals surface area contributed by atoms with Gasteiger partial charge in [-0.05, 0) is 64.5 Å². The molecule has 1 aliphatic carbocycles. The van der Waals surface area contributed by atoms with Crippen LogP contribution in [0.15, 0.2) is 46.9 Å².